The second kappa shape index (κ2) is 10.4. The van der Waals surface area contributed by atoms with Crippen LogP contribution >= 0.6 is 22.7 Å². The third kappa shape index (κ3) is 9.71. The van der Waals surface area contributed by atoms with Crippen molar-refractivity contribution in [3.05, 3.63) is 10.0 Å². The molecule has 30 heavy (non-hydrogen) atoms. The Morgan fingerprint density at radius 2 is 1.07 bits per heavy atom. The monoisotopic (exact) mass is 452 g/mol. The highest BCUT2D eigenvalue weighted by Gasteiger charge is 2.18. The van der Waals surface area contributed by atoms with Crippen LogP contribution in [0.25, 0.3) is 0 Å². The van der Waals surface area contributed by atoms with Gasteiger partial charge < -0.3 is 10.6 Å². The normalized spacial score (nSPS) is 12.1. The summed E-state index contributed by atoms with van der Waals surface area (Å²) in [5, 5.41) is 25.0. The topological polar surface area (TPSA) is 110 Å². The van der Waals surface area contributed by atoms with Crippen molar-refractivity contribution in [2.45, 2.75) is 80.1 Å². The third-order valence-corrected chi connectivity index (χ3v) is 5.64. The van der Waals surface area contributed by atoms with Crippen LogP contribution in [0, 0.1) is 10.8 Å². The van der Waals surface area contributed by atoms with Crippen molar-refractivity contribution in [2.75, 3.05) is 10.6 Å². The van der Waals surface area contributed by atoms with E-state index in [1.54, 1.807) is 0 Å². The van der Waals surface area contributed by atoms with Gasteiger partial charge in [-0.15, -0.1) is 20.4 Å². The summed E-state index contributed by atoms with van der Waals surface area (Å²) in [5.41, 5.74) is -0.116. The zero-order chi connectivity index (χ0) is 22.4. The molecule has 2 rings (SSSR count). The lowest BCUT2D eigenvalue weighted by atomic mass is 9.92. The van der Waals surface area contributed by atoms with Crippen molar-refractivity contribution in [3.8, 4) is 0 Å². The summed E-state index contributed by atoms with van der Waals surface area (Å²) in [5.74, 6) is -0.0706. The summed E-state index contributed by atoms with van der Waals surface area (Å²) < 4.78 is 0. The first-order valence-electron chi connectivity index (χ1n) is 10.1. The maximum absolute atomic E-state index is 12.0. The van der Waals surface area contributed by atoms with Crippen LogP contribution in [0.3, 0.4) is 0 Å². The molecule has 0 unspecified atom stereocenters. The number of amides is 2. The Morgan fingerprint density at radius 3 is 1.40 bits per heavy atom. The van der Waals surface area contributed by atoms with E-state index in [1.807, 2.05) is 41.5 Å². The first kappa shape index (κ1) is 24.3. The minimum Gasteiger partial charge on any atom is -0.301 e. The maximum atomic E-state index is 12.0. The number of nitrogens with zero attached hydrogens (tertiary/aromatic N) is 4. The van der Waals surface area contributed by atoms with E-state index in [-0.39, 0.29) is 22.6 Å². The van der Waals surface area contributed by atoms with E-state index in [2.05, 4.69) is 31.0 Å². The number of nitrogens with one attached hydrogen (secondary N) is 2. The van der Waals surface area contributed by atoms with E-state index in [1.165, 1.54) is 22.7 Å². The molecule has 10 heteroatoms. The zero-order valence-corrected chi connectivity index (χ0v) is 20.3. The molecule has 0 spiro atoms. The first-order valence-corrected chi connectivity index (χ1v) is 11.8. The predicted molar refractivity (Wildman–Crippen MR) is 122 cm³/mol. The molecule has 0 atom stereocenters. The smallest absolute Gasteiger partial charge is 0.226 e. The average molecular weight is 453 g/mol. The molecule has 0 saturated heterocycles. The SMILES string of the molecule is CC(C)(C)CC(=O)Nc1nnc(CCCCc2nnc(NC(=O)CC(C)(C)C)s2)s1. The molecule has 0 aliphatic heterocycles. The van der Waals surface area contributed by atoms with Gasteiger partial charge in [0, 0.05) is 25.7 Å². The van der Waals surface area contributed by atoms with Gasteiger partial charge in [0.15, 0.2) is 0 Å². The molecule has 0 aromatic carbocycles. The van der Waals surface area contributed by atoms with Gasteiger partial charge in [0.25, 0.3) is 0 Å². The van der Waals surface area contributed by atoms with Crippen LogP contribution in [0.5, 0.6) is 0 Å². The van der Waals surface area contributed by atoms with Gasteiger partial charge >= 0.3 is 0 Å². The van der Waals surface area contributed by atoms with Crippen molar-refractivity contribution in [1.29, 1.82) is 0 Å². The highest BCUT2D eigenvalue weighted by molar-refractivity contribution is 7.15. The maximum Gasteiger partial charge on any atom is 0.226 e. The molecule has 0 aliphatic rings. The first-order chi connectivity index (χ1) is 13.9. The van der Waals surface area contributed by atoms with Crippen LogP contribution in [0.2, 0.25) is 0 Å². The van der Waals surface area contributed by atoms with Gasteiger partial charge in [-0.1, -0.05) is 64.2 Å². The minimum atomic E-state index is -0.0580. The summed E-state index contributed by atoms with van der Waals surface area (Å²) in [6, 6.07) is 0. The summed E-state index contributed by atoms with van der Waals surface area (Å²) in [4.78, 5) is 24.0. The van der Waals surface area contributed by atoms with E-state index in [0.29, 0.717) is 23.1 Å². The fourth-order valence-electron chi connectivity index (χ4n) is 2.65. The molecule has 2 heterocycles. The number of aryl methyl sites for hydroxylation is 2. The number of aromatic nitrogens is 4. The summed E-state index contributed by atoms with van der Waals surface area (Å²) in [7, 11) is 0. The van der Waals surface area contributed by atoms with Crippen LogP contribution in [0.4, 0.5) is 10.3 Å². The van der Waals surface area contributed by atoms with Crippen LogP contribution in [0.1, 0.15) is 77.2 Å². The van der Waals surface area contributed by atoms with E-state index >= 15 is 0 Å². The van der Waals surface area contributed by atoms with Gasteiger partial charge in [-0.05, 0) is 23.7 Å². The van der Waals surface area contributed by atoms with Gasteiger partial charge in [-0.3, -0.25) is 9.59 Å². The average Bonchev–Trinajstić information content (AvgIpc) is 3.17. The van der Waals surface area contributed by atoms with Crippen molar-refractivity contribution in [2.24, 2.45) is 10.8 Å². The molecular weight excluding hydrogens is 420 g/mol. The van der Waals surface area contributed by atoms with E-state index in [0.717, 1.165) is 35.7 Å². The molecule has 0 fully saturated rings. The molecule has 0 aliphatic carbocycles. The molecule has 2 aromatic heterocycles. The number of unbranched alkanes of at least 4 members (excludes halogenated alkanes) is 1. The molecule has 0 bridgehead atoms. The second-order valence-corrected chi connectivity index (χ2v) is 11.9. The lowest BCUT2D eigenvalue weighted by Gasteiger charge is -2.16. The molecule has 8 nitrogen and oxygen atoms in total. The Morgan fingerprint density at radius 1 is 0.700 bits per heavy atom. The van der Waals surface area contributed by atoms with E-state index in [9.17, 15) is 9.59 Å². The molecule has 166 valence electrons. The van der Waals surface area contributed by atoms with Crippen LogP contribution < -0.4 is 10.6 Å². The number of hydrogen-bond acceptors (Lipinski definition) is 8. The number of carbonyl (C=O) groups is 2. The van der Waals surface area contributed by atoms with Gasteiger partial charge in [0.05, 0.1) is 0 Å². The third-order valence-electron chi connectivity index (χ3n) is 3.84. The highest BCUT2D eigenvalue weighted by atomic mass is 32.1. The summed E-state index contributed by atoms with van der Waals surface area (Å²) in [6.45, 7) is 12.2. The summed E-state index contributed by atoms with van der Waals surface area (Å²) in [6.07, 6.45) is 4.39. The van der Waals surface area contributed by atoms with Crippen LogP contribution in [0.15, 0.2) is 0 Å². The quantitative estimate of drug-likeness (QED) is 0.534. The van der Waals surface area contributed by atoms with Crippen molar-refractivity contribution in [3.63, 3.8) is 0 Å². The lowest BCUT2D eigenvalue weighted by Crippen LogP contribution is -2.19. The Bertz CT molecular complexity index is 778. The van der Waals surface area contributed by atoms with Gasteiger partial charge in [-0.25, -0.2) is 0 Å². The van der Waals surface area contributed by atoms with Crippen molar-refractivity contribution in [1.82, 2.24) is 20.4 Å². The Kier molecular flexibility index (Phi) is 8.42. The molecule has 2 amide bonds. The second-order valence-electron chi connectivity index (χ2n) is 9.78. The number of hydrogen-bond donors (Lipinski definition) is 2. The molecular formula is C20H32N6O2S2. The molecule has 0 saturated carbocycles. The number of anilines is 2. The Balaban J connectivity index is 1.70. The Hall–Kier alpha value is -1.94. The summed E-state index contributed by atoms with van der Waals surface area (Å²) >= 11 is 2.84. The fourth-order valence-corrected chi connectivity index (χ4v) is 4.25. The van der Waals surface area contributed by atoms with Gasteiger partial charge in [0.2, 0.25) is 22.1 Å². The molecule has 2 aromatic rings. The van der Waals surface area contributed by atoms with Crippen LogP contribution in [-0.2, 0) is 22.4 Å². The van der Waals surface area contributed by atoms with Gasteiger partial charge in [0.1, 0.15) is 10.0 Å². The lowest BCUT2D eigenvalue weighted by molar-refractivity contribution is -0.118. The number of rotatable bonds is 9. The fraction of sp³-hybridized carbons (Fsp3) is 0.700. The molecule has 2 N–H and O–H groups in total. The standard InChI is InChI=1S/C20H32N6O2S2/c1-19(2,3)11-13(27)21-17-25-23-15(29-17)9-7-8-10-16-24-26-18(30-16)22-14(28)12-20(4,5)6/h7-12H2,1-6H3,(H,21,25,27)(H,22,26,28). The largest absolute Gasteiger partial charge is 0.301 e. The van der Waals surface area contributed by atoms with Crippen LogP contribution in [-0.4, -0.2) is 32.2 Å². The van der Waals surface area contributed by atoms with Gasteiger partial charge in [-0.2, -0.15) is 0 Å². The molecule has 0 radical (unpaired) electrons. The number of carbonyl (C=O) groups excluding carboxylic acids is 2. The van der Waals surface area contributed by atoms with E-state index < -0.39 is 0 Å². The highest BCUT2D eigenvalue weighted by Crippen LogP contribution is 2.23. The minimum absolute atomic E-state index is 0.0353. The van der Waals surface area contributed by atoms with Crippen molar-refractivity contribution < 1.29 is 9.59 Å². The van der Waals surface area contributed by atoms with E-state index in [4.69, 9.17) is 0 Å². The predicted octanol–water partition coefficient (Wildman–Crippen LogP) is 4.70. The van der Waals surface area contributed by atoms with Crippen molar-refractivity contribution >= 4 is 44.8 Å². The Labute approximate surface area is 186 Å². The zero-order valence-electron chi connectivity index (χ0n) is 18.7.